The van der Waals surface area contributed by atoms with Gasteiger partial charge >= 0.3 is 0 Å². The fourth-order valence-corrected chi connectivity index (χ4v) is 2.86. The van der Waals surface area contributed by atoms with E-state index in [0.717, 1.165) is 34.1 Å². The number of nitrogens with one attached hydrogen (secondary N) is 1. The van der Waals surface area contributed by atoms with E-state index in [-0.39, 0.29) is 13.0 Å². The van der Waals surface area contributed by atoms with Crippen LogP contribution in [0, 0.1) is 0 Å². The number of ether oxygens (including phenoxy) is 2. The first-order valence-corrected chi connectivity index (χ1v) is 6.93. The van der Waals surface area contributed by atoms with Gasteiger partial charge in [-0.15, -0.1) is 5.10 Å². The van der Waals surface area contributed by atoms with Crippen molar-refractivity contribution in [1.82, 2.24) is 20.2 Å². The number of benzene rings is 2. The summed E-state index contributed by atoms with van der Waals surface area (Å²) >= 11 is 0. The molecular weight excluding hydrogens is 282 g/mol. The summed E-state index contributed by atoms with van der Waals surface area (Å²) in [7, 11) is 0. The Hall–Kier alpha value is -3.09. The fraction of sp³-hybridized carbons (Fsp3) is 0.133. The van der Waals surface area contributed by atoms with E-state index >= 15 is 0 Å². The van der Waals surface area contributed by atoms with Crippen molar-refractivity contribution in [3.05, 3.63) is 48.0 Å². The zero-order chi connectivity index (χ0) is 14.5. The second-order valence-electron chi connectivity index (χ2n) is 5.15. The molecule has 2 aromatic carbocycles. The van der Waals surface area contributed by atoms with Gasteiger partial charge in [0.15, 0.2) is 23.5 Å². The van der Waals surface area contributed by atoms with Crippen molar-refractivity contribution in [2.45, 2.75) is 6.17 Å². The van der Waals surface area contributed by atoms with Crippen LogP contribution in [0.25, 0.3) is 11.4 Å². The molecule has 2 aliphatic rings. The number of nitrogens with zero attached hydrogens (tertiary/aromatic N) is 4. The van der Waals surface area contributed by atoms with Gasteiger partial charge in [-0.05, 0) is 34.7 Å². The molecule has 2 aliphatic heterocycles. The molecule has 7 heteroatoms. The molecule has 0 radical (unpaired) electrons. The molecule has 22 heavy (non-hydrogen) atoms. The number of rotatable bonds is 1. The standard InChI is InChI=1S/C15H11N5O2/c1-2-4-11-10(3-1)15-17-18-19-20(15)14(16-11)9-5-6-12-13(7-9)22-8-21-12/h1-7,14,16H,8H2. The van der Waals surface area contributed by atoms with Crippen LogP contribution in [-0.2, 0) is 0 Å². The van der Waals surface area contributed by atoms with Crippen LogP contribution in [0.3, 0.4) is 0 Å². The van der Waals surface area contributed by atoms with Gasteiger partial charge in [0.05, 0.1) is 0 Å². The van der Waals surface area contributed by atoms with Gasteiger partial charge in [0, 0.05) is 16.8 Å². The lowest BCUT2D eigenvalue weighted by atomic mass is 10.1. The quantitative estimate of drug-likeness (QED) is 0.740. The molecule has 1 unspecified atom stereocenters. The second-order valence-corrected chi connectivity index (χ2v) is 5.15. The Bertz CT molecular complexity index is 876. The van der Waals surface area contributed by atoms with Crippen molar-refractivity contribution in [2.75, 3.05) is 12.1 Å². The van der Waals surface area contributed by atoms with E-state index in [0.29, 0.717) is 0 Å². The molecule has 1 aromatic heterocycles. The van der Waals surface area contributed by atoms with E-state index in [1.165, 1.54) is 0 Å². The second kappa shape index (κ2) is 4.20. The van der Waals surface area contributed by atoms with Crippen molar-refractivity contribution in [2.24, 2.45) is 0 Å². The molecule has 0 saturated carbocycles. The molecular formula is C15H11N5O2. The third kappa shape index (κ3) is 1.53. The van der Waals surface area contributed by atoms with Crippen LogP contribution in [0.1, 0.15) is 11.7 Å². The van der Waals surface area contributed by atoms with Crippen LogP contribution in [0.15, 0.2) is 42.5 Å². The van der Waals surface area contributed by atoms with Crippen LogP contribution in [0.5, 0.6) is 11.5 Å². The molecule has 7 nitrogen and oxygen atoms in total. The van der Waals surface area contributed by atoms with E-state index < -0.39 is 0 Å². The Kier molecular flexibility index (Phi) is 2.21. The lowest BCUT2D eigenvalue weighted by Crippen LogP contribution is -2.25. The maximum Gasteiger partial charge on any atom is 0.231 e. The summed E-state index contributed by atoms with van der Waals surface area (Å²) < 4.78 is 12.6. The minimum absolute atomic E-state index is 0.186. The van der Waals surface area contributed by atoms with Crippen molar-refractivity contribution in [3.63, 3.8) is 0 Å². The molecule has 0 spiro atoms. The van der Waals surface area contributed by atoms with Gasteiger partial charge in [-0.2, -0.15) is 4.68 Å². The Labute approximate surface area is 125 Å². The first kappa shape index (κ1) is 11.6. The van der Waals surface area contributed by atoms with E-state index in [1.807, 2.05) is 42.5 Å². The summed E-state index contributed by atoms with van der Waals surface area (Å²) in [5, 5.41) is 15.6. The molecule has 3 heterocycles. The van der Waals surface area contributed by atoms with Crippen molar-refractivity contribution in [3.8, 4) is 22.9 Å². The Morgan fingerprint density at radius 3 is 3.00 bits per heavy atom. The van der Waals surface area contributed by atoms with Crippen LogP contribution in [0.2, 0.25) is 0 Å². The summed E-state index contributed by atoms with van der Waals surface area (Å²) in [5.74, 6) is 2.25. The maximum atomic E-state index is 5.46. The molecule has 108 valence electrons. The molecule has 3 aromatic rings. The highest BCUT2D eigenvalue weighted by Gasteiger charge is 2.28. The van der Waals surface area contributed by atoms with Crippen LogP contribution in [0.4, 0.5) is 5.69 Å². The Balaban J connectivity index is 1.65. The first-order chi connectivity index (χ1) is 10.9. The van der Waals surface area contributed by atoms with E-state index in [9.17, 15) is 0 Å². The summed E-state index contributed by atoms with van der Waals surface area (Å²) in [6.45, 7) is 0.260. The number of fused-ring (bicyclic) bond motifs is 4. The minimum atomic E-state index is -0.186. The SMILES string of the molecule is c1ccc2c(c1)NC(c1ccc3c(c1)OCO3)n1nnnc1-2. The molecule has 0 amide bonds. The Morgan fingerprint density at radius 2 is 2.00 bits per heavy atom. The Morgan fingerprint density at radius 1 is 1.09 bits per heavy atom. The van der Waals surface area contributed by atoms with Gasteiger partial charge in [-0.25, -0.2) is 0 Å². The largest absolute Gasteiger partial charge is 0.454 e. The van der Waals surface area contributed by atoms with E-state index in [4.69, 9.17) is 9.47 Å². The average molecular weight is 293 g/mol. The van der Waals surface area contributed by atoms with Crippen LogP contribution >= 0.6 is 0 Å². The van der Waals surface area contributed by atoms with Crippen LogP contribution in [-0.4, -0.2) is 27.0 Å². The smallest absolute Gasteiger partial charge is 0.231 e. The lowest BCUT2D eigenvalue weighted by molar-refractivity contribution is 0.174. The highest BCUT2D eigenvalue weighted by Crippen LogP contribution is 2.39. The van der Waals surface area contributed by atoms with Crippen molar-refractivity contribution < 1.29 is 9.47 Å². The van der Waals surface area contributed by atoms with Gasteiger partial charge in [0.2, 0.25) is 6.79 Å². The molecule has 0 bridgehead atoms. The molecule has 5 rings (SSSR count). The van der Waals surface area contributed by atoms with Crippen molar-refractivity contribution in [1.29, 1.82) is 0 Å². The number of anilines is 1. The number of aromatic nitrogens is 4. The zero-order valence-electron chi connectivity index (χ0n) is 11.4. The summed E-state index contributed by atoms with van der Waals surface area (Å²) in [6, 6.07) is 13.8. The highest BCUT2D eigenvalue weighted by atomic mass is 16.7. The maximum absolute atomic E-state index is 5.46. The number of hydrogen-bond acceptors (Lipinski definition) is 6. The topological polar surface area (TPSA) is 74.1 Å². The number of hydrogen-bond donors (Lipinski definition) is 1. The third-order valence-electron chi connectivity index (χ3n) is 3.91. The third-order valence-corrected chi connectivity index (χ3v) is 3.91. The monoisotopic (exact) mass is 293 g/mol. The number of para-hydroxylation sites is 1. The molecule has 0 saturated heterocycles. The molecule has 1 N–H and O–H groups in total. The minimum Gasteiger partial charge on any atom is -0.454 e. The number of tetrazole rings is 1. The fourth-order valence-electron chi connectivity index (χ4n) is 2.86. The van der Waals surface area contributed by atoms with Gasteiger partial charge in [0.25, 0.3) is 0 Å². The van der Waals surface area contributed by atoms with Gasteiger partial charge in [0.1, 0.15) is 0 Å². The van der Waals surface area contributed by atoms with E-state index in [2.05, 4.69) is 20.8 Å². The molecule has 1 atom stereocenters. The summed E-state index contributed by atoms with van der Waals surface area (Å²) in [4.78, 5) is 0. The average Bonchev–Trinajstić information content (AvgIpc) is 3.22. The molecule has 0 aliphatic carbocycles. The first-order valence-electron chi connectivity index (χ1n) is 6.93. The predicted octanol–water partition coefficient (Wildman–Crippen LogP) is 2.04. The van der Waals surface area contributed by atoms with Crippen molar-refractivity contribution >= 4 is 5.69 Å². The van der Waals surface area contributed by atoms with Gasteiger partial charge < -0.3 is 14.8 Å². The van der Waals surface area contributed by atoms with Crippen LogP contribution < -0.4 is 14.8 Å². The summed E-state index contributed by atoms with van der Waals surface area (Å²) in [5.41, 5.74) is 3.00. The normalized spacial score (nSPS) is 17.5. The zero-order valence-corrected chi connectivity index (χ0v) is 11.4. The highest BCUT2D eigenvalue weighted by molar-refractivity contribution is 5.76. The van der Waals surface area contributed by atoms with Gasteiger partial charge in [-0.3, -0.25) is 0 Å². The predicted molar refractivity (Wildman–Crippen MR) is 77.6 cm³/mol. The lowest BCUT2D eigenvalue weighted by Gasteiger charge is -2.27. The van der Waals surface area contributed by atoms with E-state index in [1.54, 1.807) is 4.68 Å². The molecule has 0 fully saturated rings. The summed E-state index contributed by atoms with van der Waals surface area (Å²) in [6.07, 6.45) is -0.186. The van der Waals surface area contributed by atoms with Gasteiger partial charge in [-0.1, -0.05) is 18.2 Å².